The Kier molecular flexibility index (Phi) is 5.94. The Balaban J connectivity index is 1.96. The fraction of sp³-hybridized carbons (Fsp3) is 0.235. The monoisotopic (exact) mass is 348 g/mol. The van der Waals surface area contributed by atoms with Crippen molar-refractivity contribution in [2.75, 3.05) is 25.2 Å². The van der Waals surface area contributed by atoms with Gasteiger partial charge >= 0.3 is 6.03 Å². The number of carbonyl (C=O) groups excluding carboxylic acids is 1. The van der Waals surface area contributed by atoms with E-state index in [9.17, 15) is 13.2 Å². The van der Waals surface area contributed by atoms with Crippen molar-refractivity contribution in [1.29, 1.82) is 0 Å². The number of hydrogen-bond donors (Lipinski definition) is 2. The molecule has 0 saturated heterocycles. The molecule has 0 heterocycles. The summed E-state index contributed by atoms with van der Waals surface area (Å²) in [5.41, 5.74) is 1.36. The van der Waals surface area contributed by atoms with Crippen molar-refractivity contribution in [1.82, 2.24) is 5.32 Å². The molecule has 0 spiro atoms. The van der Waals surface area contributed by atoms with E-state index in [0.29, 0.717) is 5.69 Å². The number of urea groups is 1. The summed E-state index contributed by atoms with van der Waals surface area (Å²) in [4.78, 5) is 12.2. The molecule has 2 amide bonds. The molecule has 0 aliphatic rings. The number of ether oxygens (including phenoxy) is 1. The molecule has 0 bridgehead atoms. The van der Waals surface area contributed by atoms with E-state index in [0.717, 1.165) is 11.8 Å². The first-order chi connectivity index (χ1) is 11.4. The van der Waals surface area contributed by atoms with Crippen LogP contribution in [0, 0.1) is 0 Å². The number of rotatable bonds is 6. The maximum Gasteiger partial charge on any atom is 0.319 e. The first kappa shape index (κ1) is 18.0. The van der Waals surface area contributed by atoms with Gasteiger partial charge in [0.15, 0.2) is 9.84 Å². The average Bonchev–Trinajstić information content (AvgIpc) is 2.56. The van der Waals surface area contributed by atoms with E-state index in [1.807, 2.05) is 30.3 Å². The van der Waals surface area contributed by atoms with Gasteiger partial charge in [0, 0.05) is 25.6 Å². The fourth-order valence-electron chi connectivity index (χ4n) is 2.17. The molecule has 0 fully saturated rings. The van der Waals surface area contributed by atoms with Gasteiger partial charge in [0.05, 0.1) is 11.0 Å². The number of nitrogens with one attached hydrogen (secondary N) is 2. The van der Waals surface area contributed by atoms with Crippen molar-refractivity contribution in [3.8, 4) is 0 Å². The maximum absolute atomic E-state index is 12.0. The van der Waals surface area contributed by atoms with Gasteiger partial charge in [-0.05, 0) is 23.8 Å². The van der Waals surface area contributed by atoms with Crippen LogP contribution in [0.5, 0.6) is 0 Å². The molecule has 2 aromatic carbocycles. The van der Waals surface area contributed by atoms with Gasteiger partial charge in [-0.2, -0.15) is 0 Å². The molecule has 2 N–H and O–H groups in total. The van der Waals surface area contributed by atoms with Gasteiger partial charge in [-0.25, -0.2) is 13.2 Å². The second-order valence-electron chi connectivity index (χ2n) is 5.27. The second kappa shape index (κ2) is 7.94. The van der Waals surface area contributed by atoms with Gasteiger partial charge < -0.3 is 15.4 Å². The second-order valence-corrected chi connectivity index (χ2v) is 7.29. The van der Waals surface area contributed by atoms with Gasteiger partial charge in [-0.15, -0.1) is 0 Å². The van der Waals surface area contributed by atoms with Crippen LogP contribution < -0.4 is 10.6 Å². The number of hydrogen-bond acceptors (Lipinski definition) is 4. The van der Waals surface area contributed by atoms with Crippen LogP contribution in [0.15, 0.2) is 59.5 Å². The van der Waals surface area contributed by atoms with Crippen LogP contribution in [0.1, 0.15) is 11.7 Å². The van der Waals surface area contributed by atoms with Crippen molar-refractivity contribution < 1.29 is 17.9 Å². The van der Waals surface area contributed by atoms with Crippen LogP contribution in [0.3, 0.4) is 0 Å². The summed E-state index contributed by atoms with van der Waals surface area (Å²) in [6.45, 7) is 0.290. The molecule has 128 valence electrons. The lowest BCUT2D eigenvalue weighted by molar-refractivity contribution is 0.104. The zero-order valence-electron chi connectivity index (χ0n) is 13.5. The largest absolute Gasteiger partial charge is 0.375 e. The molecule has 24 heavy (non-hydrogen) atoms. The lowest BCUT2D eigenvalue weighted by Crippen LogP contribution is -2.32. The number of benzene rings is 2. The Labute approximate surface area is 141 Å². The average molecular weight is 348 g/mol. The molecule has 6 nitrogen and oxygen atoms in total. The van der Waals surface area contributed by atoms with Crippen molar-refractivity contribution in [2.24, 2.45) is 0 Å². The highest BCUT2D eigenvalue weighted by atomic mass is 32.2. The summed E-state index contributed by atoms with van der Waals surface area (Å²) in [7, 11) is -1.74. The Bertz CT molecular complexity index is 791. The minimum Gasteiger partial charge on any atom is -0.375 e. The number of sulfone groups is 1. The summed E-state index contributed by atoms with van der Waals surface area (Å²) in [5, 5.41) is 5.33. The van der Waals surface area contributed by atoms with Gasteiger partial charge in [-0.3, -0.25) is 0 Å². The lowest BCUT2D eigenvalue weighted by Gasteiger charge is -2.17. The molecule has 0 aromatic heterocycles. The Hall–Kier alpha value is -2.38. The predicted molar refractivity (Wildman–Crippen MR) is 92.8 cm³/mol. The van der Waals surface area contributed by atoms with Gasteiger partial charge in [-0.1, -0.05) is 36.4 Å². The van der Waals surface area contributed by atoms with Crippen LogP contribution in [0.25, 0.3) is 0 Å². The van der Waals surface area contributed by atoms with E-state index in [1.54, 1.807) is 19.2 Å². The molecule has 0 saturated carbocycles. The third kappa shape index (κ3) is 5.07. The van der Waals surface area contributed by atoms with Crippen molar-refractivity contribution in [3.63, 3.8) is 0 Å². The van der Waals surface area contributed by atoms with Gasteiger partial charge in [0.2, 0.25) is 0 Å². The Morgan fingerprint density at radius 3 is 2.46 bits per heavy atom. The van der Waals surface area contributed by atoms with E-state index >= 15 is 0 Å². The minimum absolute atomic E-state index is 0.152. The maximum atomic E-state index is 12.0. The normalized spacial score (nSPS) is 12.4. The fourth-order valence-corrected chi connectivity index (χ4v) is 2.84. The third-order valence-corrected chi connectivity index (χ3v) is 4.53. The van der Waals surface area contributed by atoms with E-state index < -0.39 is 15.9 Å². The molecule has 2 aromatic rings. The third-order valence-electron chi connectivity index (χ3n) is 3.42. The molecular formula is C17H20N2O4S. The molecule has 7 heteroatoms. The highest BCUT2D eigenvalue weighted by Gasteiger charge is 2.12. The van der Waals surface area contributed by atoms with Gasteiger partial charge in [0.1, 0.15) is 0 Å². The quantitative estimate of drug-likeness (QED) is 0.840. The first-order valence-electron chi connectivity index (χ1n) is 7.33. The van der Waals surface area contributed by atoms with E-state index in [2.05, 4.69) is 10.6 Å². The van der Waals surface area contributed by atoms with Crippen LogP contribution >= 0.6 is 0 Å². The topological polar surface area (TPSA) is 84.5 Å². The first-order valence-corrected chi connectivity index (χ1v) is 9.22. The van der Waals surface area contributed by atoms with Crippen LogP contribution in [0.2, 0.25) is 0 Å². The summed E-state index contributed by atoms with van der Waals surface area (Å²) in [6, 6.07) is 15.2. The molecular weight excluding hydrogens is 328 g/mol. The molecule has 0 unspecified atom stereocenters. The number of methoxy groups -OCH3 is 1. The van der Waals surface area contributed by atoms with Crippen molar-refractivity contribution in [3.05, 3.63) is 60.2 Å². The zero-order chi connectivity index (χ0) is 17.6. The molecule has 0 aliphatic carbocycles. The summed E-state index contributed by atoms with van der Waals surface area (Å²) < 4.78 is 28.5. The van der Waals surface area contributed by atoms with Gasteiger partial charge in [0.25, 0.3) is 0 Å². The van der Waals surface area contributed by atoms with E-state index in [1.165, 1.54) is 12.1 Å². The van der Waals surface area contributed by atoms with E-state index in [4.69, 9.17) is 4.74 Å². The molecule has 0 aliphatic heterocycles. The van der Waals surface area contributed by atoms with Crippen molar-refractivity contribution in [2.45, 2.75) is 11.0 Å². The molecule has 0 radical (unpaired) electrons. The minimum atomic E-state index is -3.32. The summed E-state index contributed by atoms with van der Waals surface area (Å²) in [5.74, 6) is 0. The highest BCUT2D eigenvalue weighted by Crippen LogP contribution is 2.16. The van der Waals surface area contributed by atoms with Crippen LogP contribution in [-0.2, 0) is 14.6 Å². The summed E-state index contributed by atoms with van der Waals surface area (Å²) in [6.07, 6.45) is 0.856. The lowest BCUT2D eigenvalue weighted by atomic mass is 10.1. The van der Waals surface area contributed by atoms with Crippen LogP contribution in [-0.4, -0.2) is 34.4 Å². The molecule has 1 atom stereocenters. The predicted octanol–water partition coefficient (Wildman–Crippen LogP) is 2.60. The Morgan fingerprint density at radius 1 is 1.12 bits per heavy atom. The smallest absolute Gasteiger partial charge is 0.319 e. The SMILES string of the molecule is CO[C@@H](CNC(=O)Nc1cccc(S(C)(=O)=O)c1)c1ccccc1. The van der Waals surface area contributed by atoms with E-state index in [-0.39, 0.29) is 17.5 Å². The standard InChI is InChI=1S/C17H20N2O4S/c1-23-16(13-7-4-3-5-8-13)12-18-17(20)19-14-9-6-10-15(11-14)24(2,21)22/h3-11,16H,12H2,1-2H3,(H2,18,19,20)/t16-/m0/s1. The highest BCUT2D eigenvalue weighted by molar-refractivity contribution is 7.90. The van der Waals surface area contributed by atoms with Crippen molar-refractivity contribution >= 4 is 21.6 Å². The molecule has 2 rings (SSSR count). The Morgan fingerprint density at radius 2 is 1.83 bits per heavy atom. The number of amides is 2. The zero-order valence-corrected chi connectivity index (χ0v) is 14.3. The summed E-state index contributed by atoms with van der Waals surface area (Å²) >= 11 is 0. The number of carbonyl (C=O) groups is 1. The number of anilines is 1. The van der Waals surface area contributed by atoms with Crippen LogP contribution in [0.4, 0.5) is 10.5 Å².